The smallest absolute Gasteiger partial charge is 0.407 e. The zero-order valence-electron chi connectivity index (χ0n) is 16.7. The topological polar surface area (TPSA) is 54.5 Å². The highest BCUT2D eigenvalue weighted by Crippen LogP contribution is 2.30. The van der Waals surface area contributed by atoms with Gasteiger partial charge in [-0.2, -0.15) is 0 Å². The molecule has 0 fully saturated rings. The number of pyridine rings is 1. The molecule has 0 aliphatic carbocycles. The molecule has 0 saturated carbocycles. The standard InChI is InChI=1S/C22H29N3O2/c1-16-20-12-19(14-24-21(26)27-22(2,3)4)23-13-18(20)10-11-25(16)15-17-8-6-5-7-9-17/h5-9,12-13,16H,10-11,14-15H2,1-4H3,(H,24,26). The first-order valence-corrected chi connectivity index (χ1v) is 9.54. The first kappa shape index (κ1) is 19.4. The first-order valence-electron chi connectivity index (χ1n) is 9.54. The Bertz CT molecular complexity index is 784. The minimum Gasteiger partial charge on any atom is -0.444 e. The summed E-state index contributed by atoms with van der Waals surface area (Å²) in [6.45, 7) is 10.1. The largest absolute Gasteiger partial charge is 0.444 e. The Labute approximate surface area is 161 Å². The molecule has 0 bridgehead atoms. The molecule has 1 N–H and O–H groups in total. The number of hydrogen-bond donors (Lipinski definition) is 1. The highest BCUT2D eigenvalue weighted by molar-refractivity contribution is 5.67. The van der Waals surface area contributed by atoms with Crippen molar-refractivity contribution in [1.29, 1.82) is 0 Å². The fourth-order valence-corrected chi connectivity index (χ4v) is 3.40. The van der Waals surface area contributed by atoms with Crippen molar-refractivity contribution in [3.8, 4) is 0 Å². The van der Waals surface area contributed by atoms with Gasteiger partial charge in [0.05, 0.1) is 12.2 Å². The second kappa shape index (κ2) is 8.09. The third kappa shape index (κ3) is 5.30. The van der Waals surface area contributed by atoms with E-state index >= 15 is 0 Å². The molecular formula is C22H29N3O2. The van der Waals surface area contributed by atoms with E-state index in [1.165, 1.54) is 16.7 Å². The van der Waals surface area contributed by atoms with Gasteiger partial charge in [-0.15, -0.1) is 0 Å². The summed E-state index contributed by atoms with van der Waals surface area (Å²) in [6, 6.07) is 13.0. The Balaban J connectivity index is 1.66. The summed E-state index contributed by atoms with van der Waals surface area (Å²) < 4.78 is 5.29. The summed E-state index contributed by atoms with van der Waals surface area (Å²) in [5, 5.41) is 2.79. The molecule has 1 aliphatic rings. The Morgan fingerprint density at radius 3 is 2.74 bits per heavy atom. The molecule has 0 saturated heterocycles. The van der Waals surface area contributed by atoms with Crippen molar-refractivity contribution in [1.82, 2.24) is 15.2 Å². The van der Waals surface area contributed by atoms with Gasteiger partial charge < -0.3 is 10.1 Å². The van der Waals surface area contributed by atoms with Gasteiger partial charge in [-0.3, -0.25) is 9.88 Å². The van der Waals surface area contributed by atoms with Gasteiger partial charge in [0.15, 0.2) is 0 Å². The van der Waals surface area contributed by atoms with Crippen molar-refractivity contribution in [2.75, 3.05) is 6.54 Å². The predicted molar refractivity (Wildman–Crippen MR) is 106 cm³/mol. The zero-order chi connectivity index (χ0) is 19.4. The molecular weight excluding hydrogens is 338 g/mol. The van der Waals surface area contributed by atoms with Crippen LogP contribution in [0, 0.1) is 0 Å². The molecule has 0 radical (unpaired) electrons. The molecule has 2 heterocycles. The molecule has 1 aromatic heterocycles. The number of aromatic nitrogens is 1. The number of benzene rings is 1. The van der Waals surface area contributed by atoms with E-state index in [0.29, 0.717) is 12.6 Å². The number of fused-ring (bicyclic) bond motifs is 1. The van der Waals surface area contributed by atoms with Crippen molar-refractivity contribution in [3.63, 3.8) is 0 Å². The molecule has 1 amide bonds. The Hall–Kier alpha value is -2.40. The summed E-state index contributed by atoms with van der Waals surface area (Å²) in [5.41, 5.74) is 4.28. The van der Waals surface area contributed by atoms with Crippen molar-refractivity contribution in [2.45, 2.75) is 58.8 Å². The molecule has 2 aromatic rings. The van der Waals surface area contributed by atoms with Gasteiger partial charge in [-0.1, -0.05) is 30.3 Å². The fraction of sp³-hybridized carbons (Fsp3) is 0.455. The maximum absolute atomic E-state index is 11.9. The van der Waals surface area contributed by atoms with E-state index < -0.39 is 11.7 Å². The average molecular weight is 367 g/mol. The molecule has 5 heteroatoms. The van der Waals surface area contributed by atoms with Crippen molar-refractivity contribution < 1.29 is 9.53 Å². The van der Waals surface area contributed by atoms with E-state index in [0.717, 1.165) is 25.2 Å². The van der Waals surface area contributed by atoms with Crippen LogP contribution in [0.2, 0.25) is 0 Å². The van der Waals surface area contributed by atoms with Gasteiger partial charge in [-0.05, 0) is 56.9 Å². The fourth-order valence-electron chi connectivity index (χ4n) is 3.40. The van der Waals surface area contributed by atoms with Crippen LogP contribution in [0.1, 0.15) is 56.1 Å². The minimum absolute atomic E-state index is 0.317. The summed E-state index contributed by atoms with van der Waals surface area (Å²) >= 11 is 0. The number of alkyl carbamates (subject to hydrolysis) is 1. The molecule has 27 heavy (non-hydrogen) atoms. The molecule has 3 rings (SSSR count). The Morgan fingerprint density at radius 1 is 1.30 bits per heavy atom. The Morgan fingerprint density at radius 2 is 2.04 bits per heavy atom. The van der Waals surface area contributed by atoms with E-state index in [-0.39, 0.29) is 0 Å². The SMILES string of the molecule is CC1c2cc(CNC(=O)OC(C)(C)C)ncc2CCN1Cc1ccccc1. The summed E-state index contributed by atoms with van der Waals surface area (Å²) in [5.74, 6) is 0. The first-order chi connectivity index (χ1) is 12.8. The zero-order valence-corrected chi connectivity index (χ0v) is 16.7. The second-order valence-corrected chi connectivity index (χ2v) is 8.11. The van der Waals surface area contributed by atoms with Crippen LogP contribution in [0.4, 0.5) is 4.79 Å². The minimum atomic E-state index is -0.500. The van der Waals surface area contributed by atoms with Crippen LogP contribution in [0.3, 0.4) is 0 Å². The lowest BCUT2D eigenvalue weighted by molar-refractivity contribution is 0.0523. The van der Waals surface area contributed by atoms with Crippen LogP contribution in [0.5, 0.6) is 0 Å². The maximum Gasteiger partial charge on any atom is 0.407 e. The van der Waals surface area contributed by atoms with E-state index in [4.69, 9.17) is 4.74 Å². The van der Waals surface area contributed by atoms with E-state index in [1.807, 2.05) is 33.0 Å². The lowest BCUT2D eigenvalue weighted by Crippen LogP contribution is -2.34. The van der Waals surface area contributed by atoms with Crippen molar-refractivity contribution in [2.24, 2.45) is 0 Å². The lowest BCUT2D eigenvalue weighted by Gasteiger charge is -2.35. The third-order valence-corrected chi connectivity index (χ3v) is 4.79. The van der Waals surface area contributed by atoms with Crippen LogP contribution in [0.25, 0.3) is 0 Å². The summed E-state index contributed by atoms with van der Waals surface area (Å²) in [4.78, 5) is 18.9. The van der Waals surface area contributed by atoms with E-state index in [2.05, 4.69) is 52.5 Å². The summed E-state index contributed by atoms with van der Waals surface area (Å²) in [7, 11) is 0. The highest BCUT2D eigenvalue weighted by Gasteiger charge is 2.24. The quantitative estimate of drug-likeness (QED) is 0.879. The lowest BCUT2D eigenvalue weighted by atomic mass is 9.94. The van der Waals surface area contributed by atoms with Gasteiger partial charge in [-0.25, -0.2) is 4.79 Å². The maximum atomic E-state index is 11.9. The molecule has 1 aliphatic heterocycles. The predicted octanol–water partition coefficient (Wildman–Crippen LogP) is 4.23. The number of amides is 1. The molecule has 5 nitrogen and oxygen atoms in total. The molecule has 144 valence electrons. The number of ether oxygens (including phenoxy) is 1. The average Bonchev–Trinajstić information content (AvgIpc) is 2.62. The van der Waals surface area contributed by atoms with Crippen LogP contribution in [-0.4, -0.2) is 28.1 Å². The normalized spacial score (nSPS) is 17.3. The van der Waals surface area contributed by atoms with Gasteiger partial charge in [0, 0.05) is 25.3 Å². The number of carbonyl (C=O) groups is 1. The highest BCUT2D eigenvalue weighted by atomic mass is 16.6. The van der Waals surface area contributed by atoms with Crippen molar-refractivity contribution >= 4 is 6.09 Å². The van der Waals surface area contributed by atoms with Crippen LogP contribution >= 0.6 is 0 Å². The Kier molecular flexibility index (Phi) is 5.80. The number of carbonyl (C=O) groups excluding carboxylic acids is 1. The second-order valence-electron chi connectivity index (χ2n) is 8.11. The molecule has 1 unspecified atom stereocenters. The number of rotatable bonds is 4. The summed E-state index contributed by atoms with van der Waals surface area (Å²) in [6.07, 6.45) is 2.54. The molecule has 0 spiro atoms. The van der Waals surface area contributed by atoms with Crippen molar-refractivity contribution in [3.05, 3.63) is 65.0 Å². The van der Waals surface area contributed by atoms with Crippen LogP contribution in [-0.2, 0) is 24.2 Å². The van der Waals surface area contributed by atoms with E-state index in [9.17, 15) is 4.79 Å². The van der Waals surface area contributed by atoms with Crippen LogP contribution in [0.15, 0.2) is 42.6 Å². The van der Waals surface area contributed by atoms with Gasteiger partial charge >= 0.3 is 6.09 Å². The monoisotopic (exact) mass is 367 g/mol. The van der Waals surface area contributed by atoms with Crippen LogP contribution < -0.4 is 5.32 Å². The number of hydrogen-bond acceptors (Lipinski definition) is 4. The molecule has 1 aromatic carbocycles. The number of nitrogens with zero attached hydrogens (tertiary/aromatic N) is 2. The van der Waals surface area contributed by atoms with E-state index in [1.54, 1.807) is 0 Å². The van der Waals surface area contributed by atoms with Gasteiger partial charge in [0.25, 0.3) is 0 Å². The van der Waals surface area contributed by atoms with Gasteiger partial charge in [0.2, 0.25) is 0 Å². The third-order valence-electron chi connectivity index (χ3n) is 4.79. The van der Waals surface area contributed by atoms with Gasteiger partial charge in [0.1, 0.15) is 5.60 Å². The number of nitrogens with one attached hydrogen (secondary N) is 1. The molecule has 1 atom stereocenters.